The first-order valence-electron chi connectivity index (χ1n) is 5.23. The number of pyridine rings is 1. The largest absolute Gasteiger partial charge is 0.305 e. The molecule has 0 radical (unpaired) electrons. The van der Waals surface area contributed by atoms with Gasteiger partial charge in [-0.2, -0.15) is 0 Å². The fraction of sp³-hybridized carbons (Fsp3) is 0. The standard InChI is InChI=1S/C13H7BrCl2N2/c14-8-1-3-10(11(16)5-8)12-7-18-6-9(15)2-4-13(18)17-12/h1-7H. The van der Waals surface area contributed by atoms with Gasteiger partial charge in [0, 0.05) is 22.4 Å². The molecule has 0 bridgehead atoms. The minimum Gasteiger partial charge on any atom is -0.305 e. The molecule has 0 spiro atoms. The van der Waals surface area contributed by atoms with Crippen molar-refractivity contribution < 1.29 is 0 Å². The molecule has 0 unspecified atom stereocenters. The number of fused-ring (bicyclic) bond motifs is 1. The second kappa shape index (κ2) is 4.57. The average Bonchev–Trinajstić information content (AvgIpc) is 2.71. The highest BCUT2D eigenvalue weighted by molar-refractivity contribution is 9.10. The molecule has 2 nitrogen and oxygen atoms in total. The van der Waals surface area contributed by atoms with E-state index in [0.29, 0.717) is 10.0 Å². The van der Waals surface area contributed by atoms with Crippen molar-refractivity contribution in [3.05, 3.63) is 57.2 Å². The van der Waals surface area contributed by atoms with E-state index in [1.807, 2.05) is 47.1 Å². The van der Waals surface area contributed by atoms with Crippen LogP contribution in [-0.2, 0) is 0 Å². The molecule has 0 saturated carbocycles. The monoisotopic (exact) mass is 340 g/mol. The Balaban J connectivity index is 2.19. The minimum atomic E-state index is 0.666. The van der Waals surface area contributed by atoms with Crippen LogP contribution in [0.1, 0.15) is 0 Å². The van der Waals surface area contributed by atoms with Gasteiger partial charge in [0.2, 0.25) is 0 Å². The molecule has 3 aromatic rings. The summed E-state index contributed by atoms with van der Waals surface area (Å²) in [6.07, 6.45) is 3.73. The predicted molar refractivity (Wildman–Crippen MR) is 78.3 cm³/mol. The van der Waals surface area contributed by atoms with Crippen molar-refractivity contribution in [2.75, 3.05) is 0 Å². The van der Waals surface area contributed by atoms with E-state index in [9.17, 15) is 0 Å². The van der Waals surface area contributed by atoms with Gasteiger partial charge in [-0.25, -0.2) is 4.98 Å². The summed E-state index contributed by atoms with van der Waals surface area (Å²) in [5.74, 6) is 0. The molecular formula is C13H7BrCl2N2. The molecule has 5 heteroatoms. The van der Waals surface area contributed by atoms with Crippen LogP contribution in [0.3, 0.4) is 0 Å². The molecule has 0 amide bonds. The maximum absolute atomic E-state index is 6.22. The fourth-order valence-corrected chi connectivity index (χ4v) is 2.73. The highest BCUT2D eigenvalue weighted by Crippen LogP contribution is 2.30. The predicted octanol–water partition coefficient (Wildman–Crippen LogP) is 5.07. The van der Waals surface area contributed by atoms with Crippen molar-refractivity contribution in [2.24, 2.45) is 0 Å². The topological polar surface area (TPSA) is 17.3 Å². The average molecular weight is 342 g/mol. The zero-order valence-electron chi connectivity index (χ0n) is 9.07. The lowest BCUT2D eigenvalue weighted by Crippen LogP contribution is -1.79. The maximum Gasteiger partial charge on any atom is 0.137 e. The van der Waals surface area contributed by atoms with E-state index in [2.05, 4.69) is 20.9 Å². The molecular weight excluding hydrogens is 335 g/mol. The second-order valence-electron chi connectivity index (χ2n) is 3.86. The van der Waals surface area contributed by atoms with Crippen LogP contribution >= 0.6 is 39.1 Å². The highest BCUT2D eigenvalue weighted by atomic mass is 79.9. The zero-order chi connectivity index (χ0) is 12.7. The van der Waals surface area contributed by atoms with Crippen molar-refractivity contribution >= 4 is 44.8 Å². The number of hydrogen-bond donors (Lipinski definition) is 0. The highest BCUT2D eigenvalue weighted by Gasteiger charge is 2.08. The molecule has 90 valence electrons. The summed E-state index contributed by atoms with van der Waals surface area (Å²) in [5.41, 5.74) is 2.57. The molecule has 1 aromatic carbocycles. The summed E-state index contributed by atoms with van der Waals surface area (Å²) in [4.78, 5) is 4.52. The molecule has 0 atom stereocenters. The number of hydrogen-bond acceptors (Lipinski definition) is 1. The van der Waals surface area contributed by atoms with Crippen molar-refractivity contribution in [2.45, 2.75) is 0 Å². The van der Waals surface area contributed by atoms with Crippen molar-refractivity contribution in [1.29, 1.82) is 0 Å². The third-order valence-electron chi connectivity index (χ3n) is 2.62. The van der Waals surface area contributed by atoms with Gasteiger partial charge in [0.05, 0.1) is 15.7 Å². The second-order valence-corrected chi connectivity index (χ2v) is 5.62. The van der Waals surface area contributed by atoms with Gasteiger partial charge in [0.15, 0.2) is 0 Å². The van der Waals surface area contributed by atoms with Crippen LogP contribution in [0, 0.1) is 0 Å². The number of halogens is 3. The van der Waals surface area contributed by atoms with Gasteiger partial charge < -0.3 is 4.40 Å². The first-order valence-corrected chi connectivity index (χ1v) is 6.78. The zero-order valence-corrected chi connectivity index (χ0v) is 12.2. The molecule has 0 fully saturated rings. The van der Waals surface area contributed by atoms with Gasteiger partial charge >= 0.3 is 0 Å². The third-order valence-corrected chi connectivity index (χ3v) is 3.65. The lowest BCUT2D eigenvalue weighted by Gasteiger charge is -2.00. The molecule has 0 aliphatic rings. The van der Waals surface area contributed by atoms with Crippen LogP contribution in [0.5, 0.6) is 0 Å². The van der Waals surface area contributed by atoms with Crippen molar-refractivity contribution in [3.8, 4) is 11.3 Å². The van der Waals surface area contributed by atoms with Gasteiger partial charge in [-0.3, -0.25) is 0 Å². The molecule has 0 saturated heterocycles. The molecule has 2 aromatic heterocycles. The number of rotatable bonds is 1. The Kier molecular flexibility index (Phi) is 3.06. The number of nitrogens with zero attached hydrogens (tertiary/aromatic N) is 2. The summed E-state index contributed by atoms with van der Waals surface area (Å²) in [7, 11) is 0. The van der Waals surface area contributed by atoms with Crippen LogP contribution in [0.4, 0.5) is 0 Å². The van der Waals surface area contributed by atoms with Gasteiger partial charge in [-0.1, -0.05) is 45.2 Å². The lowest BCUT2D eigenvalue weighted by atomic mass is 10.2. The van der Waals surface area contributed by atoms with E-state index in [1.54, 1.807) is 0 Å². The van der Waals surface area contributed by atoms with Crippen LogP contribution in [-0.4, -0.2) is 9.38 Å². The number of aromatic nitrogens is 2. The Morgan fingerprint density at radius 1 is 1.06 bits per heavy atom. The van der Waals surface area contributed by atoms with Gasteiger partial charge in [0.1, 0.15) is 5.65 Å². The first kappa shape index (κ1) is 12.0. The van der Waals surface area contributed by atoms with Gasteiger partial charge in [0.25, 0.3) is 0 Å². The molecule has 0 N–H and O–H groups in total. The Bertz CT molecular complexity index is 737. The third kappa shape index (κ3) is 2.14. The van der Waals surface area contributed by atoms with E-state index in [1.165, 1.54) is 0 Å². The first-order chi connectivity index (χ1) is 8.63. The van der Waals surface area contributed by atoms with Crippen LogP contribution in [0.15, 0.2) is 47.2 Å². The molecule has 0 aliphatic heterocycles. The Morgan fingerprint density at radius 2 is 1.89 bits per heavy atom. The Hall–Kier alpha value is -1.03. The lowest BCUT2D eigenvalue weighted by molar-refractivity contribution is 1.19. The normalized spacial score (nSPS) is 11.1. The summed E-state index contributed by atoms with van der Waals surface area (Å²) >= 11 is 15.5. The molecule has 0 aliphatic carbocycles. The quantitative estimate of drug-likeness (QED) is 0.604. The Morgan fingerprint density at radius 3 is 2.67 bits per heavy atom. The van der Waals surface area contributed by atoms with Crippen LogP contribution < -0.4 is 0 Å². The SMILES string of the molecule is Clc1ccc2nc(-c3ccc(Br)cc3Cl)cn2c1. The van der Waals surface area contributed by atoms with Crippen LogP contribution in [0.2, 0.25) is 10.0 Å². The summed E-state index contributed by atoms with van der Waals surface area (Å²) in [6.45, 7) is 0. The van der Waals surface area contributed by atoms with E-state index in [0.717, 1.165) is 21.4 Å². The summed E-state index contributed by atoms with van der Waals surface area (Å²) in [6, 6.07) is 9.43. The number of imidazole rings is 1. The van der Waals surface area contributed by atoms with Gasteiger partial charge in [-0.05, 0) is 24.3 Å². The minimum absolute atomic E-state index is 0.666. The number of benzene rings is 1. The van der Waals surface area contributed by atoms with Crippen LogP contribution in [0.25, 0.3) is 16.9 Å². The fourth-order valence-electron chi connectivity index (χ4n) is 1.79. The van der Waals surface area contributed by atoms with E-state index in [-0.39, 0.29) is 0 Å². The Labute approximate surface area is 122 Å². The molecule has 18 heavy (non-hydrogen) atoms. The van der Waals surface area contributed by atoms with Crippen molar-refractivity contribution in [1.82, 2.24) is 9.38 Å². The maximum atomic E-state index is 6.22. The summed E-state index contributed by atoms with van der Waals surface area (Å²) < 4.78 is 2.83. The van der Waals surface area contributed by atoms with E-state index >= 15 is 0 Å². The summed E-state index contributed by atoms with van der Waals surface area (Å²) in [5, 5.41) is 1.34. The molecule has 2 heterocycles. The van der Waals surface area contributed by atoms with Crippen molar-refractivity contribution in [3.63, 3.8) is 0 Å². The smallest absolute Gasteiger partial charge is 0.137 e. The van der Waals surface area contributed by atoms with E-state index < -0.39 is 0 Å². The van der Waals surface area contributed by atoms with Gasteiger partial charge in [-0.15, -0.1) is 0 Å². The molecule has 3 rings (SSSR count). The van der Waals surface area contributed by atoms with E-state index in [4.69, 9.17) is 23.2 Å².